The maximum Gasteiger partial charge on any atom is 0.471 e. The van der Waals surface area contributed by atoms with Gasteiger partial charge in [-0.25, -0.2) is 8.60 Å². The van der Waals surface area contributed by atoms with E-state index in [9.17, 15) is 21.8 Å². The molecule has 28 heavy (non-hydrogen) atoms. The van der Waals surface area contributed by atoms with Crippen LogP contribution >= 0.6 is 0 Å². The third-order valence-electron chi connectivity index (χ3n) is 3.83. The molecule has 1 unspecified atom stereocenters. The number of hydrogen-bond acceptors (Lipinski definition) is 5. The molecule has 3 aromatic rings. The SMILES string of the molecule is CC(C)S(=O)(=Nc1ccc(-c2noc(C(F)(F)F)n2)cc1)c1ccccc1F. The van der Waals surface area contributed by atoms with Crippen molar-refractivity contribution in [3.8, 4) is 11.4 Å². The molecule has 0 fully saturated rings. The molecule has 1 atom stereocenters. The van der Waals surface area contributed by atoms with Gasteiger partial charge in [0.15, 0.2) is 0 Å². The molecule has 1 heterocycles. The molecule has 2 aromatic carbocycles. The molecule has 0 aliphatic carbocycles. The van der Waals surface area contributed by atoms with Gasteiger partial charge in [0, 0.05) is 10.8 Å². The van der Waals surface area contributed by atoms with Crippen LogP contribution in [0.2, 0.25) is 0 Å². The Morgan fingerprint density at radius 3 is 2.25 bits per heavy atom. The van der Waals surface area contributed by atoms with E-state index < -0.39 is 32.9 Å². The number of aromatic nitrogens is 2. The molecule has 0 aliphatic rings. The fraction of sp³-hybridized carbons (Fsp3) is 0.222. The Hall–Kier alpha value is -2.75. The Morgan fingerprint density at radius 1 is 1.07 bits per heavy atom. The fourth-order valence-electron chi connectivity index (χ4n) is 2.37. The van der Waals surface area contributed by atoms with Gasteiger partial charge in [-0.3, -0.25) is 0 Å². The predicted octanol–water partition coefficient (Wildman–Crippen LogP) is 5.46. The monoisotopic (exact) mass is 413 g/mol. The van der Waals surface area contributed by atoms with Crippen LogP contribution in [0.4, 0.5) is 23.2 Å². The van der Waals surface area contributed by atoms with Crippen LogP contribution in [0.15, 0.2) is 62.3 Å². The largest absolute Gasteiger partial charge is 0.471 e. The van der Waals surface area contributed by atoms with E-state index in [0.29, 0.717) is 0 Å². The quantitative estimate of drug-likeness (QED) is 0.533. The highest BCUT2D eigenvalue weighted by Crippen LogP contribution is 2.31. The average molecular weight is 413 g/mol. The Morgan fingerprint density at radius 2 is 1.71 bits per heavy atom. The summed E-state index contributed by atoms with van der Waals surface area (Å²) in [6.07, 6.45) is -4.73. The van der Waals surface area contributed by atoms with Crippen molar-refractivity contribution in [3.05, 3.63) is 60.2 Å². The molecular weight excluding hydrogens is 398 g/mol. The molecule has 0 saturated heterocycles. The molecule has 0 amide bonds. The molecule has 148 valence electrons. The minimum Gasteiger partial charge on any atom is -0.329 e. The molecule has 0 saturated carbocycles. The number of benzene rings is 2. The van der Waals surface area contributed by atoms with Crippen molar-refractivity contribution in [2.24, 2.45) is 4.36 Å². The van der Waals surface area contributed by atoms with E-state index in [4.69, 9.17) is 0 Å². The summed E-state index contributed by atoms with van der Waals surface area (Å²) in [5.41, 5.74) is 0.547. The Balaban J connectivity index is 1.99. The Labute approximate surface area is 158 Å². The number of rotatable bonds is 4. The Bertz CT molecular complexity index is 1100. The average Bonchev–Trinajstić information content (AvgIpc) is 3.13. The lowest BCUT2D eigenvalue weighted by molar-refractivity contribution is -0.159. The topological polar surface area (TPSA) is 68.3 Å². The normalized spacial score (nSPS) is 14.1. The summed E-state index contributed by atoms with van der Waals surface area (Å²) in [5.74, 6) is -2.30. The first-order chi connectivity index (χ1) is 13.1. The van der Waals surface area contributed by atoms with E-state index in [0.717, 1.165) is 0 Å². The van der Waals surface area contributed by atoms with Crippen LogP contribution in [0.3, 0.4) is 0 Å². The van der Waals surface area contributed by atoms with Gasteiger partial charge in [-0.05, 0) is 50.2 Å². The highest BCUT2D eigenvalue weighted by molar-refractivity contribution is 7.94. The molecule has 5 nitrogen and oxygen atoms in total. The highest BCUT2D eigenvalue weighted by Gasteiger charge is 2.38. The van der Waals surface area contributed by atoms with Crippen LogP contribution < -0.4 is 0 Å². The van der Waals surface area contributed by atoms with Gasteiger partial charge in [0.25, 0.3) is 0 Å². The van der Waals surface area contributed by atoms with Gasteiger partial charge < -0.3 is 4.52 Å². The lowest BCUT2D eigenvalue weighted by atomic mass is 10.2. The van der Waals surface area contributed by atoms with E-state index >= 15 is 0 Å². The molecule has 10 heteroatoms. The van der Waals surface area contributed by atoms with Crippen molar-refractivity contribution >= 4 is 15.4 Å². The predicted molar refractivity (Wildman–Crippen MR) is 94.8 cm³/mol. The van der Waals surface area contributed by atoms with E-state index in [1.165, 1.54) is 42.5 Å². The van der Waals surface area contributed by atoms with Crippen molar-refractivity contribution in [2.45, 2.75) is 30.2 Å². The lowest BCUT2D eigenvalue weighted by Gasteiger charge is -2.15. The van der Waals surface area contributed by atoms with Crippen LogP contribution in [0.1, 0.15) is 19.7 Å². The zero-order valence-electron chi connectivity index (χ0n) is 14.8. The molecule has 0 aliphatic heterocycles. The van der Waals surface area contributed by atoms with Gasteiger partial charge in [0.2, 0.25) is 5.82 Å². The van der Waals surface area contributed by atoms with E-state index in [1.54, 1.807) is 19.9 Å². The summed E-state index contributed by atoms with van der Waals surface area (Å²) < 4.78 is 73.7. The number of hydrogen-bond donors (Lipinski definition) is 0. The van der Waals surface area contributed by atoms with Crippen molar-refractivity contribution in [1.82, 2.24) is 10.1 Å². The second-order valence-corrected chi connectivity index (χ2v) is 8.81. The summed E-state index contributed by atoms with van der Waals surface area (Å²) in [6, 6.07) is 11.4. The second kappa shape index (κ2) is 7.34. The van der Waals surface area contributed by atoms with Gasteiger partial charge in [-0.15, -0.1) is 0 Å². The summed E-state index contributed by atoms with van der Waals surface area (Å²) in [5, 5.41) is 2.83. The number of halogens is 4. The smallest absolute Gasteiger partial charge is 0.329 e. The molecule has 0 spiro atoms. The number of alkyl halides is 3. The van der Waals surface area contributed by atoms with Crippen LogP contribution in [0, 0.1) is 5.82 Å². The first-order valence-electron chi connectivity index (χ1n) is 8.13. The fourth-order valence-corrected chi connectivity index (χ4v) is 4.25. The third kappa shape index (κ3) is 3.91. The summed E-state index contributed by atoms with van der Waals surface area (Å²) >= 11 is 0. The lowest BCUT2D eigenvalue weighted by Crippen LogP contribution is -2.15. The van der Waals surface area contributed by atoms with Crippen LogP contribution in [0.5, 0.6) is 0 Å². The summed E-state index contributed by atoms with van der Waals surface area (Å²) in [6.45, 7) is 3.34. The minimum absolute atomic E-state index is 0.00191. The van der Waals surface area contributed by atoms with E-state index in [1.807, 2.05) is 0 Å². The maximum atomic E-state index is 14.2. The molecule has 0 bridgehead atoms. The molecule has 0 N–H and O–H groups in total. The van der Waals surface area contributed by atoms with Crippen LogP contribution in [-0.2, 0) is 15.9 Å². The first kappa shape index (κ1) is 20.0. The van der Waals surface area contributed by atoms with Crippen molar-refractivity contribution < 1.29 is 26.3 Å². The second-order valence-electron chi connectivity index (χ2n) is 6.11. The van der Waals surface area contributed by atoms with Gasteiger partial charge in [0.1, 0.15) is 5.82 Å². The van der Waals surface area contributed by atoms with Gasteiger partial charge in [-0.2, -0.15) is 22.5 Å². The maximum absolute atomic E-state index is 14.2. The molecule has 3 rings (SSSR count). The molecular formula is C18H15F4N3O2S. The van der Waals surface area contributed by atoms with Gasteiger partial charge in [-0.1, -0.05) is 17.3 Å². The highest BCUT2D eigenvalue weighted by atomic mass is 32.2. The standard InChI is InChI=1S/C18H15F4N3O2S/c1-11(2)28(26,15-6-4-3-5-14(15)19)25-13-9-7-12(8-10-13)16-23-17(27-24-16)18(20,21)22/h3-11H,1-2H3. The van der Waals surface area contributed by atoms with E-state index in [-0.39, 0.29) is 22.0 Å². The van der Waals surface area contributed by atoms with Gasteiger partial charge in [0.05, 0.1) is 20.3 Å². The van der Waals surface area contributed by atoms with Crippen LogP contribution in [0.25, 0.3) is 11.4 Å². The zero-order chi connectivity index (χ0) is 20.5. The minimum atomic E-state index is -4.73. The van der Waals surface area contributed by atoms with Crippen molar-refractivity contribution in [3.63, 3.8) is 0 Å². The Kier molecular flexibility index (Phi) is 5.24. The summed E-state index contributed by atoms with van der Waals surface area (Å²) in [7, 11) is -3.11. The first-order valence-corrected chi connectivity index (χ1v) is 9.71. The molecule has 0 radical (unpaired) electrons. The zero-order valence-corrected chi connectivity index (χ0v) is 15.6. The van der Waals surface area contributed by atoms with Crippen LogP contribution in [-0.4, -0.2) is 19.6 Å². The van der Waals surface area contributed by atoms with Crippen molar-refractivity contribution in [2.75, 3.05) is 0 Å². The van der Waals surface area contributed by atoms with E-state index in [2.05, 4.69) is 19.0 Å². The number of nitrogens with zero attached hydrogens (tertiary/aromatic N) is 3. The summed E-state index contributed by atoms with van der Waals surface area (Å²) in [4.78, 5) is 3.31. The van der Waals surface area contributed by atoms with Crippen molar-refractivity contribution in [1.29, 1.82) is 0 Å². The third-order valence-corrected chi connectivity index (χ3v) is 6.55. The van der Waals surface area contributed by atoms with Gasteiger partial charge >= 0.3 is 12.1 Å². The molecule has 1 aromatic heterocycles.